The number of carboxylic acids is 1. The maximum absolute atomic E-state index is 14.1. The first kappa shape index (κ1) is 76.7. The molecule has 474 valence electrons. The van der Waals surface area contributed by atoms with Crippen LogP contribution in [-0.4, -0.2) is 115 Å². The van der Waals surface area contributed by atoms with Crippen molar-refractivity contribution in [3.05, 3.63) is 85.4 Å². The molecule has 0 saturated heterocycles. The Morgan fingerprint density at radius 3 is 1.49 bits per heavy atom. The van der Waals surface area contributed by atoms with Crippen molar-refractivity contribution in [3.63, 3.8) is 0 Å². The second kappa shape index (κ2) is 37.7. The Balaban J connectivity index is 0.000000499. The largest absolute Gasteiger partial charge is 1.00 e. The number of anilines is 2. The summed E-state index contributed by atoms with van der Waals surface area (Å²) in [5.41, 5.74) is 2.78. The van der Waals surface area contributed by atoms with Gasteiger partial charge in [0.05, 0.1) is 53.7 Å². The number of ether oxygens (including phenoxy) is 2. The number of esters is 1. The molecule has 0 bridgehead atoms. The standard InChI is InChI=1S/C33H45N3O4S.C26H37NO4S.C8H11FN2.CH3F.2Na.H/c1-22-7-9-24(10-8-22)31(37)36(28-20-27(15-17-33(2,3)4)41-30(28)32(38)39)25-11-13-26(14-12-25)40-29-19-23(16-18-34-29)21-35(5)6;1-17-6-8-18(9-7-17)24(29)27(19-10-12-20(28)13-11-19)22-16-21(14-15-26(2,3)4)32-23(22)25(30)31-5;1-11(2)6-7-3-4-10-8(9)5-7;1-2;;;/h16,18-20,22,24-26H,7-14,21H2,1-6H3,(H,38,39);16-20,28H,6-13H2,1-5H3;3-5H,6H2,1-2H3;1H3;;;/q;;;;2*+1;-1/p-1/i;;;1D;;;. The Hall–Kier alpha value is -3.76. The Labute approximate surface area is 579 Å². The third-order valence-corrected chi connectivity index (χ3v) is 17.8. The van der Waals surface area contributed by atoms with Gasteiger partial charge in [-0.2, -0.15) is 4.39 Å². The van der Waals surface area contributed by atoms with E-state index in [0.29, 0.717) is 51.7 Å². The summed E-state index contributed by atoms with van der Waals surface area (Å²) in [5.74, 6) is 12.6. The van der Waals surface area contributed by atoms with Gasteiger partial charge in [0.1, 0.15) is 11.0 Å². The molecule has 4 saturated carbocycles. The molecule has 4 aliphatic carbocycles. The molecule has 4 fully saturated rings. The van der Waals surface area contributed by atoms with Gasteiger partial charge < -0.3 is 45.5 Å². The summed E-state index contributed by atoms with van der Waals surface area (Å²) in [6.07, 6.45) is 16.3. The molecule has 8 rings (SSSR count). The molecular weight excluding hydrogens is 1180 g/mol. The van der Waals surface area contributed by atoms with E-state index in [1.54, 1.807) is 17.2 Å². The molecule has 4 aromatic rings. The molecule has 20 heteroatoms. The smallest absolute Gasteiger partial charge is 1.00 e. The summed E-state index contributed by atoms with van der Waals surface area (Å²) in [6.45, 7) is 18.2. The summed E-state index contributed by atoms with van der Waals surface area (Å²) in [7, 11) is 8.32. The van der Waals surface area contributed by atoms with E-state index >= 15 is 0 Å². The third kappa shape index (κ3) is 25.4. The predicted molar refractivity (Wildman–Crippen MR) is 340 cm³/mol. The van der Waals surface area contributed by atoms with Crippen LogP contribution < -0.4 is 78.8 Å². The molecule has 0 radical (unpaired) electrons. The SMILES string of the molecule is CC1CCC(C(=O)N(c2cc(C#CC(C)(C)C)sc2C(=O)[O-])C2CCC(Oc3cc(CN(C)C)ccn3)CC2)CC1.CN(C)Cc1ccnc(F)c1.COC(=O)c1sc(C#CC(C)(C)C)cc1N(C(=O)C1CCC(C)CC1)C1CCC(O)CC1.[2H]CF.[H-].[Na+].[Na+]. The zero-order valence-electron chi connectivity index (χ0n) is 57.2. The molecule has 4 heterocycles. The maximum atomic E-state index is 14.1. The van der Waals surface area contributed by atoms with Gasteiger partial charge in [-0.1, -0.05) is 37.5 Å². The van der Waals surface area contributed by atoms with Gasteiger partial charge in [-0.25, -0.2) is 14.8 Å². The molecule has 14 nitrogen and oxygen atoms in total. The third-order valence-electron chi connectivity index (χ3n) is 15.7. The first-order valence-corrected chi connectivity index (χ1v) is 32.1. The van der Waals surface area contributed by atoms with E-state index in [1.165, 1.54) is 30.7 Å². The van der Waals surface area contributed by atoms with Crippen LogP contribution >= 0.6 is 22.7 Å². The van der Waals surface area contributed by atoms with Crippen molar-refractivity contribution in [1.29, 1.82) is 0 Å². The number of hydrogen-bond donors (Lipinski definition) is 1. The van der Waals surface area contributed by atoms with Crippen LogP contribution in [0, 0.1) is 64.1 Å². The first-order chi connectivity index (χ1) is 41.1. The van der Waals surface area contributed by atoms with Crippen LogP contribution in [0.4, 0.5) is 20.2 Å². The van der Waals surface area contributed by atoms with E-state index in [-0.39, 0.29) is 124 Å². The molecule has 0 spiro atoms. The number of carbonyl (C=O) groups is 4. The second-order valence-corrected chi connectivity index (χ2v) is 28.3. The number of methoxy groups -OCH3 is 1. The Kier molecular flexibility index (Phi) is 32.8. The fourth-order valence-electron chi connectivity index (χ4n) is 11.3. The van der Waals surface area contributed by atoms with E-state index in [2.05, 4.69) is 52.4 Å². The van der Waals surface area contributed by atoms with Gasteiger partial charge in [0.15, 0.2) is 0 Å². The normalized spacial score (nSPS) is 21.7. The number of rotatable bonds is 14. The molecule has 1 N–H and O–H groups in total. The van der Waals surface area contributed by atoms with E-state index < -0.39 is 25.0 Å². The van der Waals surface area contributed by atoms with Crippen LogP contribution in [0.15, 0.2) is 48.8 Å². The number of pyridine rings is 2. The van der Waals surface area contributed by atoms with Crippen LogP contribution in [0.1, 0.15) is 201 Å². The van der Waals surface area contributed by atoms with Crippen molar-refractivity contribution in [2.45, 2.75) is 196 Å². The first-order valence-electron chi connectivity index (χ1n) is 31.1. The Morgan fingerprint density at radius 2 is 1.08 bits per heavy atom. The Bertz CT molecular complexity index is 2990. The monoisotopic (exact) mass is 1270 g/mol. The summed E-state index contributed by atoms with van der Waals surface area (Å²) in [5, 5.41) is 22.3. The van der Waals surface area contributed by atoms with Gasteiger partial charge in [-0.15, -0.1) is 22.7 Å². The van der Waals surface area contributed by atoms with Crippen molar-refractivity contribution in [2.75, 3.05) is 52.3 Å². The number of halogens is 2. The fraction of sp³-hybridized carbons (Fsp3) is 0.618. The average molecular weight is 1270 g/mol. The minimum atomic E-state index is -1.26. The van der Waals surface area contributed by atoms with Gasteiger partial charge in [0, 0.05) is 66.3 Å². The number of aliphatic hydroxyl groups excluding tert-OH is 1. The molecule has 0 aromatic carbocycles. The van der Waals surface area contributed by atoms with E-state index in [9.17, 15) is 38.2 Å². The van der Waals surface area contributed by atoms with Gasteiger partial charge in [-0.05, 0) is 226 Å². The van der Waals surface area contributed by atoms with E-state index in [4.69, 9.17) is 10.8 Å². The number of thiophene rings is 2. The van der Waals surface area contributed by atoms with Crippen molar-refractivity contribution < 1.29 is 110 Å². The summed E-state index contributed by atoms with van der Waals surface area (Å²) < 4.78 is 39.3. The van der Waals surface area contributed by atoms with Crippen LogP contribution in [0.3, 0.4) is 0 Å². The van der Waals surface area contributed by atoms with E-state index in [0.717, 1.165) is 130 Å². The average Bonchev–Trinajstić information content (AvgIpc) is 1.65. The quantitative estimate of drug-likeness (QED) is 0.0602. The van der Waals surface area contributed by atoms with Gasteiger partial charge in [0.25, 0.3) is 0 Å². The molecule has 0 aliphatic heterocycles. The van der Waals surface area contributed by atoms with E-state index in [1.807, 2.05) is 104 Å². The van der Waals surface area contributed by atoms with Crippen LogP contribution in [0.5, 0.6) is 5.88 Å². The molecule has 88 heavy (non-hydrogen) atoms. The number of amides is 2. The molecule has 2 amide bonds. The number of aromatic carboxylic acids is 1. The van der Waals surface area contributed by atoms with Crippen LogP contribution in [0.25, 0.3) is 0 Å². The summed E-state index contributed by atoms with van der Waals surface area (Å²) >= 11 is 2.41. The van der Waals surface area contributed by atoms with Gasteiger partial charge >= 0.3 is 65.1 Å². The summed E-state index contributed by atoms with van der Waals surface area (Å²) in [6, 6.07) is 10.8. The second-order valence-electron chi connectivity index (χ2n) is 26.2. The number of carboxylic acid groups (broad SMARTS) is 1. The number of nitrogens with zero attached hydrogens (tertiary/aromatic N) is 6. The van der Waals surface area contributed by atoms with Crippen LogP contribution in [-0.2, 0) is 27.4 Å². The molecule has 4 aromatic heterocycles. The molecule has 0 atom stereocenters. The molecule has 4 aliphatic rings. The number of hydrogen-bond acceptors (Lipinski definition) is 14. The van der Waals surface area contributed by atoms with Crippen molar-refractivity contribution in [3.8, 4) is 29.6 Å². The zero-order chi connectivity index (χ0) is 64.2. The fourth-order valence-corrected chi connectivity index (χ4v) is 13.1. The predicted octanol–water partition coefficient (Wildman–Crippen LogP) is 6.90. The zero-order valence-corrected chi connectivity index (χ0v) is 60.9. The minimum absolute atomic E-state index is 0. The van der Waals surface area contributed by atoms with Crippen LogP contribution in [0.2, 0.25) is 0 Å². The molecular formula is C68H96F2N6Na2O8S2. The number of carbonyl (C=O) groups excluding carboxylic acids is 4. The van der Waals surface area contributed by atoms with Crippen molar-refractivity contribution in [1.82, 2.24) is 19.8 Å². The minimum Gasteiger partial charge on any atom is -1.00 e. The topological polar surface area (TPSA) is 169 Å². The number of alkyl halides is 1. The Morgan fingerprint density at radius 1 is 0.670 bits per heavy atom. The summed E-state index contributed by atoms with van der Waals surface area (Å²) in [4.78, 5) is 70.6. The number of aromatic nitrogens is 2. The number of aliphatic hydroxyl groups is 1. The van der Waals surface area contributed by atoms with Gasteiger partial charge in [-0.3, -0.25) is 14.0 Å². The van der Waals surface area contributed by atoms with Gasteiger partial charge in [0.2, 0.25) is 23.6 Å². The van der Waals surface area contributed by atoms with Crippen molar-refractivity contribution in [2.24, 2.45) is 34.5 Å². The maximum Gasteiger partial charge on any atom is 1.00 e. The molecule has 0 unspecified atom stereocenters. The van der Waals surface area contributed by atoms with Crippen molar-refractivity contribution >= 4 is 57.8 Å².